The van der Waals surface area contributed by atoms with Crippen LogP contribution in [0.3, 0.4) is 0 Å². The molecule has 90 heavy (non-hydrogen) atoms. The smallest absolute Gasteiger partial charge is 0.00203 e. The second kappa shape index (κ2) is 21.0. The average molecular weight is 1140 g/mol. The number of benzene rings is 19. The van der Waals surface area contributed by atoms with Gasteiger partial charge < -0.3 is 0 Å². The lowest BCUT2D eigenvalue weighted by Crippen LogP contribution is -1.90. The summed E-state index contributed by atoms with van der Waals surface area (Å²) in [5.74, 6) is 0. The minimum Gasteiger partial charge on any atom is -0.0616 e. The molecule has 0 saturated heterocycles. The molecule has 19 aromatic rings. The summed E-state index contributed by atoms with van der Waals surface area (Å²) in [6.45, 7) is 0. The Kier molecular flexibility index (Phi) is 12.0. The van der Waals surface area contributed by atoms with Crippen molar-refractivity contribution in [1.82, 2.24) is 0 Å². The van der Waals surface area contributed by atoms with Gasteiger partial charge in [0, 0.05) is 0 Å². The van der Waals surface area contributed by atoms with Gasteiger partial charge in [-0.25, -0.2) is 0 Å². The zero-order valence-corrected chi connectivity index (χ0v) is 49.3. The van der Waals surface area contributed by atoms with Gasteiger partial charge >= 0.3 is 0 Å². The highest BCUT2D eigenvalue weighted by molar-refractivity contribution is 6.29. The Labute approximate surface area is 522 Å². The Hall–Kier alpha value is -11.7. The van der Waals surface area contributed by atoms with Gasteiger partial charge in [-0.15, -0.1) is 0 Å². The molecule has 0 aromatic heterocycles. The van der Waals surface area contributed by atoms with Crippen LogP contribution in [0.25, 0.3) is 186 Å². The van der Waals surface area contributed by atoms with Crippen molar-refractivity contribution >= 4 is 108 Å². The molecule has 0 bridgehead atoms. The van der Waals surface area contributed by atoms with E-state index < -0.39 is 0 Å². The lowest BCUT2D eigenvalue weighted by molar-refractivity contribution is 1.62. The van der Waals surface area contributed by atoms with Crippen LogP contribution in [0.15, 0.2) is 340 Å². The average Bonchev–Trinajstić information content (AvgIpc) is 0.782. The fourth-order valence-corrected chi connectivity index (χ4v) is 14.8. The normalized spacial score (nSPS) is 11.8. The van der Waals surface area contributed by atoms with Crippen molar-refractivity contribution in [1.29, 1.82) is 0 Å². The highest BCUT2D eigenvalue weighted by Gasteiger charge is 2.18. The molecule has 0 saturated carbocycles. The Morgan fingerprint density at radius 2 is 0.356 bits per heavy atom. The van der Waals surface area contributed by atoms with Gasteiger partial charge in [0.15, 0.2) is 0 Å². The minimum absolute atomic E-state index is 1.23. The first-order valence-electron chi connectivity index (χ1n) is 31.3. The van der Waals surface area contributed by atoms with E-state index in [2.05, 4.69) is 340 Å². The summed E-state index contributed by atoms with van der Waals surface area (Å²) in [5.41, 5.74) is 17.6. The molecule has 19 aromatic carbocycles. The molecule has 19 rings (SSSR count). The van der Waals surface area contributed by atoms with Crippen LogP contribution < -0.4 is 0 Å². The van der Waals surface area contributed by atoms with E-state index >= 15 is 0 Å². The molecule has 0 radical (unpaired) electrons. The van der Waals surface area contributed by atoms with E-state index in [1.807, 2.05) is 0 Å². The number of hydrogen-bond acceptors (Lipinski definition) is 0. The van der Waals surface area contributed by atoms with Crippen LogP contribution in [-0.4, -0.2) is 0 Å². The maximum absolute atomic E-state index is 2.32. The molecule has 0 nitrogen and oxygen atoms in total. The third-order valence-electron chi connectivity index (χ3n) is 19.3. The quantitative estimate of drug-likeness (QED) is 0.140. The molecule has 416 valence electrons. The third-order valence-corrected chi connectivity index (χ3v) is 19.3. The van der Waals surface area contributed by atoms with Crippen LogP contribution in [0.1, 0.15) is 0 Å². The van der Waals surface area contributed by atoms with E-state index in [0.29, 0.717) is 0 Å². The van der Waals surface area contributed by atoms with Gasteiger partial charge in [-0.2, -0.15) is 0 Å². The summed E-state index contributed by atoms with van der Waals surface area (Å²) in [7, 11) is 0. The second-order valence-electron chi connectivity index (χ2n) is 24.2. The summed E-state index contributed by atoms with van der Waals surface area (Å²) < 4.78 is 0. The molecular weight excluding hydrogens is 1080 g/mol. The maximum Gasteiger partial charge on any atom is -0.00203 e. The Bertz CT molecular complexity index is 5980. The van der Waals surface area contributed by atoms with Crippen LogP contribution in [-0.2, 0) is 0 Å². The fourth-order valence-electron chi connectivity index (χ4n) is 14.8. The Balaban J connectivity index is 0.000000135. The lowest BCUT2D eigenvalue weighted by atomic mass is 9.87. The van der Waals surface area contributed by atoms with E-state index in [-0.39, 0.29) is 0 Å². The molecule has 0 aliphatic rings. The van der Waals surface area contributed by atoms with Gasteiger partial charge in [0.2, 0.25) is 0 Å². The summed E-state index contributed by atoms with van der Waals surface area (Å²) >= 11 is 0. The molecule has 0 aliphatic carbocycles. The maximum atomic E-state index is 2.32. The van der Waals surface area contributed by atoms with Crippen molar-refractivity contribution in [3.05, 3.63) is 340 Å². The van der Waals surface area contributed by atoms with Gasteiger partial charge in [-0.3, -0.25) is 0 Å². The van der Waals surface area contributed by atoms with Crippen molar-refractivity contribution in [2.24, 2.45) is 0 Å². The molecule has 0 spiro atoms. The zero-order chi connectivity index (χ0) is 59.2. The largest absolute Gasteiger partial charge is 0.0616 e. The fraction of sp³-hybridized carbons (Fsp3) is 0. The standard InChI is InChI=1S/C48H30.C42H26/c1-2-8-39-30-40(21-14-31(39)6-1)32-12-15-35(16-13-32)43-26-22-37-25-29-46-44(27-23-38-24-28-45(43)47(37)48(38)46)36-19-17-34(18-20-36)42-11-5-9-33-7-3-4-10-41(33)42;1-2-8-33-26-34(17-12-27(33)6-1)38-23-19-32-20-24-39-37(22-18-31-21-25-40(38)42(32)41(31)39)30-15-13-29(14-16-30)36-11-5-9-28-7-3-4-10-35(28)36/h1-30H;1-26H. The van der Waals surface area contributed by atoms with Crippen molar-refractivity contribution in [3.63, 3.8) is 0 Å². The molecule has 0 fully saturated rings. The number of fused-ring (bicyclic) bond motifs is 4. The summed E-state index contributed by atoms with van der Waals surface area (Å²) in [4.78, 5) is 0. The number of hydrogen-bond donors (Lipinski definition) is 0. The first-order valence-corrected chi connectivity index (χ1v) is 31.3. The summed E-state index contributed by atoms with van der Waals surface area (Å²) in [6.07, 6.45) is 0. The van der Waals surface area contributed by atoms with E-state index in [9.17, 15) is 0 Å². The first-order chi connectivity index (χ1) is 44.6. The Morgan fingerprint density at radius 1 is 0.111 bits per heavy atom. The van der Waals surface area contributed by atoms with E-state index in [4.69, 9.17) is 0 Å². The minimum atomic E-state index is 1.23. The van der Waals surface area contributed by atoms with Crippen molar-refractivity contribution in [3.8, 4) is 77.9 Å². The third kappa shape index (κ3) is 8.60. The highest BCUT2D eigenvalue weighted by atomic mass is 14.2. The number of rotatable bonds is 7. The van der Waals surface area contributed by atoms with Gasteiger partial charge in [0.05, 0.1) is 0 Å². The van der Waals surface area contributed by atoms with Gasteiger partial charge in [-0.05, 0) is 198 Å². The molecule has 0 atom stereocenters. The monoisotopic (exact) mass is 1140 g/mol. The van der Waals surface area contributed by atoms with E-state index in [1.54, 1.807) is 0 Å². The molecule has 0 heterocycles. The van der Waals surface area contributed by atoms with Gasteiger partial charge in [0.25, 0.3) is 0 Å². The van der Waals surface area contributed by atoms with E-state index in [1.165, 1.54) is 186 Å². The molecule has 0 N–H and O–H groups in total. The van der Waals surface area contributed by atoms with Crippen molar-refractivity contribution in [2.45, 2.75) is 0 Å². The van der Waals surface area contributed by atoms with Crippen molar-refractivity contribution < 1.29 is 0 Å². The molecule has 0 unspecified atom stereocenters. The summed E-state index contributed by atoms with van der Waals surface area (Å²) in [6, 6.07) is 125. The first kappa shape index (κ1) is 51.5. The topological polar surface area (TPSA) is 0 Å². The van der Waals surface area contributed by atoms with Crippen LogP contribution in [0.2, 0.25) is 0 Å². The Morgan fingerprint density at radius 3 is 0.733 bits per heavy atom. The highest BCUT2D eigenvalue weighted by Crippen LogP contribution is 2.46. The van der Waals surface area contributed by atoms with Gasteiger partial charge in [0.1, 0.15) is 0 Å². The van der Waals surface area contributed by atoms with Crippen molar-refractivity contribution in [2.75, 3.05) is 0 Å². The van der Waals surface area contributed by atoms with E-state index in [0.717, 1.165) is 0 Å². The van der Waals surface area contributed by atoms with Gasteiger partial charge in [-0.1, -0.05) is 328 Å². The predicted molar refractivity (Wildman–Crippen MR) is 388 cm³/mol. The van der Waals surface area contributed by atoms with Crippen LogP contribution >= 0.6 is 0 Å². The molecule has 0 aliphatic heterocycles. The molecule has 0 amide bonds. The summed E-state index contributed by atoms with van der Waals surface area (Å²) in [5, 5.41) is 25.9. The SMILES string of the molecule is c1ccc2cc(-c3ccc(-c4ccc5ccc6c(-c7ccc(-c8cccc9ccccc89)cc7)ccc7ccc4c5c76)cc3)ccc2c1.c1ccc2cc(-c3ccc4ccc5c(-c6ccc(-c7cccc8ccccc78)cc6)ccc6ccc3c4c65)ccc2c1. The second-order valence-corrected chi connectivity index (χ2v) is 24.2. The molecular formula is C90H56. The van der Waals surface area contributed by atoms with Crippen LogP contribution in [0.5, 0.6) is 0 Å². The van der Waals surface area contributed by atoms with Crippen LogP contribution in [0, 0.1) is 0 Å². The predicted octanol–water partition coefficient (Wildman–Crippen LogP) is 25.4. The van der Waals surface area contributed by atoms with Crippen LogP contribution in [0.4, 0.5) is 0 Å². The molecule has 0 heteroatoms. The lowest BCUT2D eigenvalue weighted by Gasteiger charge is -2.17. The zero-order valence-electron chi connectivity index (χ0n) is 49.3.